The van der Waals surface area contributed by atoms with Crippen LogP contribution in [0.2, 0.25) is 0 Å². The maximum Gasteiger partial charge on any atom is 0.0669 e. The van der Waals surface area contributed by atoms with E-state index in [9.17, 15) is 0 Å². The van der Waals surface area contributed by atoms with Crippen LogP contribution in [0.1, 0.15) is 16.7 Å². The molecule has 0 aliphatic carbocycles. The summed E-state index contributed by atoms with van der Waals surface area (Å²) in [5.74, 6) is 0. The zero-order valence-electron chi connectivity index (χ0n) is 10.6. The second-order valence-corrected chi connectivity index (χ2v) is 5.90. The summed E-state index contributed by atoms with van der Waals surface area (Å²) in [4.78, 5) is 0. The minimum atomic E-state index is -0.00806. The molecule has 0 unspecified atom stereocenters. The molecule has 1 saturated heterocycles. The lowest BCUT2D eigenvalue weighted by Gasteiger charge is -2.42. The molecule has 1 aliphatic rings. The normalized spacial score (nSPS) is 16.9. The van der Waals surface area contributed by atoms with E-state index in [0.717, 1.165) is 17.7 Å². The van der Waals surface area contributed by atoms with Crippen molar-refractivity contribution in [3.8, 4) is 0 Å². The second kappa shape index (κ2) is 5.08. The number of halogens is 1. The van der Waals surface area contributed by atoms with Gasteiger partial charge in [0.1, 0.15) is 0 Å². The molecule has 3 rings (SSSR count). The maximum absolute atomic E-state index is 5.74. The Morgan fingerprint density at radius 3 is 2.37 bits per heavy atom. The molecule has 19 heavy (non-hydrogen) atoms. The maximum atomic E-state index is 5.74. The third kappa shape index (κ3) is 2.22. The molecular weight excluding hydrogens is 302 g/mol. The monoisotopic (exact) mass is 317 g/mol. The quantitative estimate of drug-likeness (QED) is 0.943. The molecule has 3 heteroatoms. The van der Waals surface area contributed by atoms with Crippen LogP contribution in [0.4, 0.5) is 0 Å². The van der Waals surface area contributed by atoms with Crippen LogP contribution < -0.4 is 5.73 Å². The fourth-order valence-electron chi connectivity index (χ4n) is 2.57. The first-order valence-electron chi connectivity index (χ1n) is 6.38. The first-order valence-corrected chi connectivity index (χ1v) is 7.17. The lowest BCUT2D eigenvalue weighted by molar-refractivity contribution is -0.0380. The first-order chi connectivity index (χ1) is 9.24. The van der Waals surface area contributed by atoms with Gasteiger partial charge in [0.25, 0.3) is 0 Å². The summed E-state index contributed by atoms with van der Waals surface area (Å²) in [6, 6.07) is 17.0. The molecule has 0 saturated carbocycles. The predicted molar refractivity (Wildman–Crippen MR) is 80.1 cm³/mol. The van der Waals surface area contributed by atoms with E-state index in [4.69, 9.17) is 10.5 Å². The summed E-state index contributed by atoms with van der Waals surface area (Å²) < 4.78 is 6.61. The van der Waals surface area contributed by atoms with Crippen molar-refractivity contribution in [1.29, 1.82) is 0 Å². The molecule has 0 aromatic heterocycles. The SMILES string of the molecule is NCc1cccc(C2(c3ccc(Br)cc3)COC2)c1. The van der Waals surface area contributed by atoms with E-state index in [1.807, 2.05) is 0 Å². The van der Waals surface area contributed by atoms with Gasteiger partial charge in [-0.2, -0.15) is 0 Å². The average molecular weight is 318 g/mol. The van der Waals surface area contributed by atoms with Crippen molar-refractivity contribution in [2.45, 2.75) is 12.0 Å². The van der Waals surface area contributed by atoms with Gasteiger partial charge < -0.3 is 10.5 Å². The molecule has 0 spiro atoms. The van der Waals surface area contributed by atoms with Crippen LogP contribution in [-0.4, -0.2) is 13.2 Å². The fraction of sp³-hybridized carbons (Fsp3) is 0.250. The molecule has 2 aromatic rings. The molecule has 1 aliphatic heterocycles. The topological polar surface area (TPSA) is 35.2 Å². The Labute approximate surface area is 121 Å². The van der Waals surface area contributed by atoms with E-state index >= 15 is 0 Å². The summed E-state index contributed by atoms with van der Waals surface area (Å²) in [5.41, 5.74) is 9.50. The van der Waals surface area contributed by atoms with E-state index in [1.54, 1.807) is 0 Å². The minimum absolute atomic E-state index is 0.00806. The average Bonchev–Trinajstić information content (AvgIpc) is 2.40. The summed E-state index contributed by atoms with van der Waals surface area (Å²) in [5, 5.41) is 0. The van der Waals surface area contributed by atoms with Crippen molar-refractivity contribution < 1.29 is 4.74 Å². The Hall–Kier alpha value is -1.16. The molecule has 2 aromatic carbocycles. The highest BCUT2D eigenvalue weighted by Crippen LogP contribution is 2.39. The van der Waals surface area contributed by atoms with Gasteiger partial charge in [0.05, 0.1) is 18.6 Å². The Morgan fingerprint density at radius 1 is 1.05 bits per heavy atom. The van der Waals surface area contributed by atoms with Gasteiger partial charge >= 0.3 is 0 Å². The van der Waals surface area contributed by atoms with Gasteiger partial charge in [-0.25, -0.2) is 0 Å². The van der Waals surface area contributed by atoms with Gasteiger partial charge in [0.15, 0.2) is 0 Å². The van der Waals surface area contributed by atoms with Crippen molar-refractivity contribution in [1.82, 2.24) is 0 Å². The smallest absolute Gasteiger partial charge is 0.0669 e. The summed E-state index contributed by atoms with van der Waals surface area (Å²) in [6.07, 6.45) is 0. The van der Waals surface area contributed by atoms with Gasteiger partial charge in [0.2, 0.25) is 0 Å². The Balaban J connectivity index is 2.05. The zero-order chi connectivity index (χ0) is 13.3. The van der Waals surface area contributed by atoms with Crippen LogP contribution in [-0.2, 0) is 16.7 Å². The Bertz CT molecular complexity index is 576. The fourth-order valence-corrected chi connectivity index (χ4v) is 2.84. The first kappa shape index (κ1) is 12.9. The van der Waals surface area contributed by atoms with Gasteiger partial charge in [0, 0.05) is 11.0 Å². The van der Waals surface area contributed by atoms with Gasteiger partial charge in [-0.1, -0.05) is 52.3 Å². The largest absolute Gasteiger partial charge is 0.379 e. The Morgan fingerprint density at radius 2 is 1.79 bits per heavy atom. The molecule has 2 nitrogen and oxygen atoms in total. The molecule has 0 bridgehead atoms. The van der Waals surface area contributed by atoms with Crippen molar-refractivity contribution in [3.63, 3.8) is 0 Å². The molecule has 1 heterocycles. The minimum Gasteiger partial charge on any atom is -0.379 e. The number of nitrogens with two attached hydrogens (primary N) is 1. The second-order valence-electron chi connectivity index (χ2n) is 4.99. The van der Waals surface area contributed by atoms with E-state index in [1.165, 1.54) is 16.7 Å². The summed E-state index contributed by atoms with van der Waals surface area (Å²) >= 11 is 3.48. The van der Waals surface area contributed by atoms with Crippen molar-refractivity contribution in [2.24, 2.45) is 5.73 Å². The number of ether oxygens (including phenoxy) is 1. The number of hydrogen-bond acceptors (Lipinski definition) is 2. The van der Waals surface area contributed by atoms with Gasteiger partial charge in [-0.15, -0.1) is 0 Å². The molecular formula is C16H16BrNO. The third-order valence-corrected chi connectivity index (χ3v) is 4.34. The summed E-state index contributed by atoms with van der Waals surface area (Å²) in [6.45, 7) is 2.05. The summed E-state index contributed by atoms with van der Waals surface area (Å²) in [7, 11) is 0. The van der Waals surface area contributed by atoms with E-state index in [0.29, 0.717) is 6.54 Å². The van der Waals surface area contributed by atoms with Crippen molar-refractivity contribution >= 4 is 15.9 Å². The van der Waals surface area contributed by atoms with Crippen LogP contribution in [0.5, 0.6) is 0 Å². The standard InChI is InChI=1S/C16H16BrNO/c17-15-6-4-13(5-7-15)16(10-19-11-16)14-3-1-2-12(8-14)9-18/h1-8H,9-11,18H2. The number of hydrogen-bond donors (Lipinski definition) is 1. The highest BCUT2D eigenvalue weighted by Gasteiger charge is 2.41. The molecule has 0 amide bonds. The van der Waals surface area contributed by atoms with Crippen LogP contribution in [0, 0.1) is 0 Å². The van der Waals surface area contributed by atoms with Gasteiger partial charge in [-0.3, -0.25) is 0 Å². The van der Waals surface area contributed by atoms with Gasteiger partial charge in [-0.05, 0) is 28.8 Å². The number of rotatable bonds is 3. The highest BCUT2D eigenvalue weighted by atomic mass is 79.9. The predicted octanol–water partition coefficient (Wildman–Crippen LogP) is 3.22. The van der Waals surface area contributed by atoms with Crippen LogP contribution in [0.15, 0.2) is 53.0 Å². The highest BCUT2D eigenvalue weighted by molar-refractivity contribution is 9.10. The number of benzene rings is 2. The van der Waals surface area contributed by atoms with E-state index < -0.39 is 0 Å². The molecule has 98 valence electrons. The molecule has 0 radical (unpaired) electrons. The van der Waals surface area contributed by atoms with E-state index in [-0.39, 0.29) is 5.41 Å². The van der Waals surface area contributed by atoms with Crippen molar-refractivity contribution in [3.05, 3.63) is 69.7 Å². The lowest BCUT2D eigenvalue weighted by Crippen LogP contribution is -2.47. The molecule has 2 N–H and O–H groups in total. The molecule has 1 fully saturated rings. The third-order valence-electron chi connectivity index (χ3n) is 3.81. The van der Waals surface area contributed by atoms with Crippen molar-refractivity contribution in [2.75, 3.05) is 13.2 Å². The van der Waals surface area contributed by atoms with Crippen LogP contribution in [0.25, 0.3) is 0 Å². The van der Waals surface area contributed by atoms with E-state index in [2.05, 4.69) is 64.5 Å². The Kier molecular flexibility index (Phi) is 3.44. The molecule has 0 atom stereocenters. The zero-order valence-corrected chi connectivity index (χ0v) is 12.2. The lowest BCUT2D eigenvalue weighted by atomic mass is 9.72. The van der Waals surface area contributed by atoms with Crippen LogP contribution >= 0.6 is 15.9 Å². The van der Waals surface area contributed by atoms with Crippen LogP contribution in [0.3, 0.4) is 0 Å².